The van der Waals surface area contributed by atoms with Crippen LogP contribution in [-0.4, -0.2) is 30.4 Å². The minimum Gasteiger partial charge on any atom is -0.349 e. The van der Waals surface area contributed by atoms with E-state index in [1.165, 1.54) is 11.1 Å². The van der Waals surface area contributed by atoms with Gasteiger partial charge in [0.15, 0.2) is 0 Å². The molecule has 0 bridgehead atoms. The predicted octanol–water partition coefficient (Wildman–Crippen LogP) is 3.34. The Kier molecular flexibility index (Phi) is 5.76. The first-order chi connectivity index (χ1) is 9.34. The topological polar surface area (TPSA) is 24.7 Å². The fourth-order valence-electron chi connectivity index (χ4n) is 2.03. The van der Waals surface area contributed by atoms with E-state index in [9.17, 15) is 4.79 Å². The molecule has 3 nitrogen and oxygen atoms in total. The van der Waals surface area contributed by atoms with Crippen molar-refractivity contribution < 1.29 is 4.79 Å². The number of benzene rings is 1. The summed E-state index contributed by atoms with van der Waals surface area (Å²) >= 11 is 0. The van der Waals surface area contributed by atoms with E-state index in [2.05, 4.69) is 29.1 Å². The average Bonchev–Trinajstić information content (AvgIpc) is 2.40. The summed E-state index contributed by atoms with van der Waals surface area (Å²) in [6.07, 6.45) is 3.17. The highest BCUT2D eigenvalue weighted by Gasteiger charge is 2.22. The fraction of sp³-hybridized carbons (Fsp3) is 0.529. The number of rotatable bonds is 6. The van der Waals surface area contributed by atoms with Crippen LogP contribution in [0.4, 0.5) is 0 Å². The molecule has 0 saturated heterocycles. The van der Waals surface area contributed by atoms with E-state index < -0.39 is 0 Å². The van der Waals surface area contributed by atoms with Gasteiger partial charge in [0.05, 0.1) is 6.42 Å². The van der Waals surface area contributed by atoms with Crippen LogP contribution in [-0.2, 0) is 17.6 Å². The zero-order chi connectivity index (χ0) is 15.2. The molecule has 1 amide bonds. The third-order valence-electron chi connectivity index (χ3n) is 3.32. The van der Waals surface area contributed by atoms with Crippen molar-refractivity contribution in [1.82, 2.24) is 4.90 Å². The van der Waals surface area contributed by atoms with Crippen LogP contribution in [0.2, 0.25) is 0 Å². The van der Waals surface area contributed by atoms with Gasteiger partial charge in [0.25, 0.3) is 0 Å². The maximum absolute atomic E-state index is 11.5. The molecule has 20 heavy (non-hydrogen) atoms. The van der Waals surface area contributed by atoms with Gasteiger partial charge in [0.2, 0.25) is 11.4 Å². The van der Waals surface area contributed by atoms with Crippen LogP contribution in [0, 0.1) is 6.57 Å². The van der Waals surface area contributed by atoms with Gasteiger partial charge >= 0.3 is 0 Å². The average molecular weight is 272 g/mol. The lowest BCUT2D eigenvalue weighted by atomic mass is 9.95. The van der Waals surface area contributed by atoms with Crippen molar-refractivity contribution in [2.45, 2.75) is 45.1 Å². The lowest BCUT2D eigenvalue weighted by Crippen LogP contribution is -2.21. The fourth-order valence-corrected chi connectivity index (χ4v) is 2.03. The normalized spacial score (nSPS) is 10.9. The van der Waals surface area contributed by atoms with Crippen molar-refractivity contribution >= 4 is 5.91 Å². The van der Waals surface area contributed by atoms with Gasteiger partial charge in [-0.25, -0.2) is 6.57 Å². The Labute approximate surface area is 122 Å². The van der Waals surface area contributed by atoms with Crippen LogP contribution >= 0.6 is 0 Å². The second kappa shape index (κ2) is 7.09. The summed E-state index contributed by atoms with van der Waals surface area (Å²) < 4.78 is 0. The van der Waals surface area contributed by atoms with E-state index in [4.69, 9.17) is 6.57 Å². The summed E-state index contributed by atoms with van der Waals surface area (Å²) in [5, 5.41) is 0. The monoisotopic (exact) mass is 272 g/mol. The Bertz CT molecular complexity index is 481. The first-order valence-electron chi connectivity index (χ1n) is 7.00. The van der Waals surface area contributed by atoms with Gasteiger partial charge in [-0.05, 0) is 24.0 Å². The molecule has 0 aliphatic rings. The van der Waals surface area contributed by atoms with Gasteiger partial charge in [-0.3, -0.25) is 4.79 Å². The highest BCUT2D eigenvalue weighted by Crippen LogP contribution is 2.17. The zero-order valence-electron chi connectivity index (χ0n) is 12.9. The Morgan fingerprint density at radius 1 is 1.20 bits per heavy atom. The van der Waals surface area contributed by atoms with Crippen molar-refractivity contribution in [2.75, 3.05) is 14.1 Å². The summed E-state index contributed by atoms with van der Waals surface area (Å²) in [6, 6.07) is 8.40. The van der Waals surface area contributed by atoms with Crippen molar-refractivity contribution in [3.8, 4) is 0 Å². The molecule has 0 aromatic heterocycles. The largest absolute Gasteiger partial charge is 0.349 e. The lowest BCUT2D eigenvalue weighted by Gasteiger charge is -2.12. The van der Waals surface area contributed by atoms with Gasteiger partial charge in [-0.2, -0.15) is 0 Å². The van der Waals surface area contributed by atoms with Gasteiger partial charge in [0.1, 0.15) is 0 Å². The quantitative estimate of drug-likeness (QED) is 0.729. The summed E-state index contributed by atoms with van der Waals surface area (Å²) in [5.41, 5.74) is 2.11. The molecule has 0 saturated carbocycles. The molecule has 0 atom stereocenters. The number of hydrogen-bond acceptors (Lipinski definition) is 1. The van der Waals surface area contributed by atoms with Crippen LogP contribution in [0.5, 0.6) is 0 Å². The smallest absolute Gasteiger partial charge is 0.231 e. The molecule has 0 aliphatic carbocycles. The van der Waals surface area contributed by atoms with E-state index in [-0.39, 0.29) is 11.4 Å². The molecule has 0 aliphatic heterocycles. The molecule has 0 N–H and O–H groups in total. The summed E-state index contributed by atoms with van der Waals surface area (Å²) in [4.78, 5) is 16.7. The molecule has 0 spiro atoms. The van der Waals surface area contributed by atoms with Crippen molar-refractivity contribution in [1.29, 1.82) is 0 Å². The Balaban J connectivity index is 2.47. The first kappa shape index (κ1) is 16.2. The SMILES string of the molecule is [C-]#[N+]C(C)(C)Cc1ccc(CCCC(=O)N(C)C)cc1. The van der Waals surface area contributed by atoms with Gasteiger partial charge < -0.3 is 9.74 Å². The summed E-state index contributed by atoms with van der Waals surface area (Å²) in [6.45, 7) is 11.1. The molecule has 0 heterocycles. The number of amides is 1. The molecule has 1 rings (SSSR count). The van der Waals surface area contributed by atoms with E-state index in [1.54, 1.807) is 19.0 Å². The molecular formula is C17H24N2O. The van der Waals surface area contributed by atoms with Crippen molar-refractivity contribution in [3.63, 3.8) is 0 Å². The second-order valence-corrected chi connectivity index (χ2v) is 6.06. The highest BCUT2D eigenvalue weighted by molar-refractivity contribution is 5.75. The minimum absolute atomic E-state index is 0.181. The number of carbonyl (C=O) groups excluding carboxylic acids is 1. The van der Waals surface area contributed by atoms with Crippen LogP contribution in [0.15, 0.2) is 24.3 Å². The van der Waals surface area contributed by atoms with Crippen LogP contribution in [0.25, 0.3) is 4.85 Å². The van der Waals surface area contributed by atoms with Crippen LogP contribution < -0.4 is 0 Å². The molecule has 1 aromatic carbocycles. The summed E-state index contributed by atoms with van der Waals surface area (Å²) in [7, 11) is 3.58. The lowest BCUT2D eigenvalue weighted by molar-refractivity contribution is -0.128. The van der Waals surface area contributed by atoms with Gasteiger partial charge in [0, 0.05) is 34.4 Å². The second-order valence-electron chi connectivity index (χ2n) is 6.06. The van der Waals surface area contributed by atoms with Crippen LogP contribution in [0.3, 0.4) is 0 Å². The minimum atomic E-state index is -0.334. The number of nitrogens with zero attached hydrogens (tertiary/aromatic N) is 2. The molecule has 0 unspecified atom stereocenters. The maximum Gasteiger partial charge on any atom is 0.231 e. The Hall–Kier alpha value is -1.82. The number of hydrogen-bond donors (Lipinski definition) is 0. The molecule has 1 aromatic rings. The molecule has 0 radical (unpaired) electrons. The standard InChI is InChI=1S/C17H24N2O/c1-17(2,18-3)13-15-11-9-14(10-12-15)7-6-8-16(20)19(4)5/h9-12H,6-8,13H2,1-2,4-5H3. The van der Waals surface area contributed by atoms with E-state index >= 15 is 0 Å². The third kappa shape index (κ3) is 5.44. The van der Waals surface area contributed by atoms with Gasteiger partial charge in [-0.15, -0.1) is 0 Å². The zero-order valence-corrected chi connectivity index (χ0v) is 12.9. The number of aryl methyl sites for hydroxylation is 1. The van der Waals surface area contributed by atoms with Crippen molar-refractivity contribution in [3.05, 3.63) is 46.8 Å². The molecule has 0 fully saturated rings. The first-order valence-corrected chi connectivity index (χ1v) is 7.00. The number of carbonyl (C=O) groups is 1. The maximum atomic E-state index is 11.5. The highest BCUT2D eigenvalue weighted by atomic mass is 16.2. The van der Waals surface area contributed by atoms with E-state index in [1.807, 2.05) is 13.8 Å². The summed E-state index contributed by atoms with van der Waals surface area (Å²) in [5.74, 6) is 0.181. The van der Waals surface area contributed by atoms with Crippen LogP contribution in [0.1, 0.15) is 37.8 Å². The Morgan fingerprint density at radius 3 is 2.25 bits per heavy atom. The molecular weight excluding hydrogens is 248 g/mol. The van der Waals surface area contributed by atoms with E-state index in [0.29, 0.717) is 6.42 Å². The predicted molar refractivity (Wildman–Crippen MR) is 82.5 cm³/mol. The van der Waals surface area contributed by atoms with Gasteiger partial charge in [-0.1, -0.05) is 24.3 Å². The third-order valence-corrected chi connectivity index (χ3v) is 3.32. The Morgan fingerprint density at radius 2 is 1.75 bits per heavy atom. The van der Waals surface area contributed by atoms with Crippen molar-refractivity contribution in [2.24, 2.45) is 0 Å². The molecule has 3 heteroatoms. The molecule has 108 valence electrons. The van der Waals surface area contributed by atoms with E-state index in [0.717, 1.165) is 19.3 Å².